The molecule has 0 saturated carbocycles. The highest BCUT2D eigenvalue weighted by atomic mass is 35.5. The van der Waals surface area contributed by atoms with Crippen molar-refractivity contribution in [1.29, 1.82) is 0 Å². The normalized spacial score (nSPS) is 9.70. The number of nitro benzene ring substituents is 2. The number of nitro groups is 2. The molecule has 0 aromatic heterocycles. The van der Waals surface area contributed by atoms with Gasteiger partial charge in [-0.2, -0.15) is 0 Å². The number of phenolic OH excluding ortho intramolecular Hbond substituents is 1. The second kappa shape index (κ2) is 11.5. The van der Waals surface area contributed by atoms with E-state index in [1.807, 2.05) is 0 Å². The molecule has 0 fully saturated rings. The van der Waals surface area contributed by atoms with Gasteiger partial charge in [0.1, 0.15) is 11.5 Å². The third-order valence-electron chi connectivity index (χ3n) is 2.92. The fraction of sp³-hybridized carbons (Fsp3) is 0.250. The molecule has 0 radical (unpaired) electrons. The standard InChI is InChI=1S/C9H10ClNO4.C7H7NO4/c10-4-5-14-7-15-9-3-1-2-8(6-9)11(12)13;1-12-7-3-2-5(9)4-6(7)8(10)11/h1-3,6H,4-5,7H2;2-4,9H,1H3. The molecule has 2 aromatic carbocycles. The molecule has 0 saturated heterocycles. The minimum absolute atomic E-state index is 0.00940. The molecule has 0 spiro atoms. The van der Waals surface area contributed by atoms with Crippen LogP contribution >= 0.6 is 11.6 Å². The number of benzene rings is 2. The predicted molar refractivity (Wildman–Crippen MR) is 96.6 cm³/mol. The SMILES string of the molecule is COc1ccc(O)cc1[N+](=O)[O-].O=[N+]([O-])c1cccc(OCOCCCl)c1. The van der Waals surface area contributed by atoms with Gasteiger partial charge in [-0.05, 0) is 18.2 Å². The van der Waals surface area contributed by atoms with Gasteiger partial charge < -0.3 is 19.3 Å². The summed E-state index contributed by atoms with van der Waals surface area (Å²) >= 11 is 5.38. The van der Waals surface area contributed by atoms with Crippen molar-refractivity contribution in [3.63, 3.8) is 0 Å². The Balaban J connectivity index is 0.000000277. The minimum Gasteiger partial charge on any atom is -0.508 e. The fourth-order valence-corrected chi connectivity index (χ4v) is 1.84. The van der Waals surface area contributed by atoms with E-state index in [2.05, 4.69) is 0 Å². The van der Waals surface area contributed by atoms with Gasteiger partial charge in [0.25, 0.3) is 5.69 Å². The van der Waals surface area contributed by atoms with Crippen LogP contribution in [0.25, 0.3) is 0 Å². The molecular formula is C16H17ClN2O8. The summed E-state index contributed by atoms with van der Waals surface area (Å²) in [6.45, 7) is 0.421. The monoisotopic (exact) mass is 400 g/mol. The molecule has 0 atom stereocenters. The number of methoxy groups -OCH3 is 1. The van der Waals surface area contributed by atoms with Gasteiger partial charge >= 0.3 is 5.69 Å². The Kier molecular flexibility index (Phi) is 9.34. The predicted octanol–water partition coefficient (Wildman–Crippen LogP) is 3.50. The smallest absolute Gasteiger partial charge is 0.314 e. The number of hydrogen-bond donors (Lipinski definition) is 1. The van der Waals surface area contributed by atoms with Crippen LogP contribution < -0.4 is 9.47 Å². The molecule has 27 heavy (non-hydrogen) atoms. The maximum atomic E-state index is 10.4. The lowest BCUT2D eigenvalue weighted by Crippen LogP contribution is -2.04. The molecule has 0 heterocycles. The number of hydrogen-bond acceptors (Lipinski definition) is 8. The van der Waals surface area contributed by atoms with Crippen LogP contribution in [-0.4, -0.2) is 41.3 Å². The van der Waals surface area contributed by atoms with E-state index < -0.39 is 9.85 Å². The van der Waals surface area contributed by atoms with Crippen molar-refractivity contribution in [3.8, 4) is 17.2 Å². The molecule has 2 aromatic rings. The number of non-ortho nitro benzene ring substituents is 1. The number of alkyl halides is 1. The molecule has 10 nitrogen and oxygen atoms in total. The highest BCUT2D eigenvalue weighted by Gasteiger charge is 2.14. The van der Waals surface area contributed by atoms with Crippen LogP contribution in [0, 0.1) is 20.2 Å². The third-order valence-corrected chi connectivity index (χ3v) is 3.07. The number of halogens is 1. The zero-order valence-corrected chi connectivity index (χ0v) is 15.0. The summed E-state index contributed by atoms with van der Waals surface area (Å²) in [4.78, 5) is 19.7. The summed E-state index contributed by atoms with van der Waals surface area (Å²) in [7, 11) is 1.33. The number of rotatable bonds is 8. The quantitative estimate of drug-likeness (QED) is 0.234. The van der Waals surface area contributed by atoms with E-state index in [-0.39, 0.29) is 29.7 Å². The lowest BCUT2D eigenvalue weighted by Gasteiger charge is -2.05. The van der Waals surface area contributed by atoms with E-state index in [0.717, 1.165) is 6.07 Å². The molecule has 0 aliphatic carbocycles. The second-order valence-corrected chi connectivity index (χ2v) is 5.11. The Hall–Kier alpha value is -3.11. The zero-order chi connectivity index (χ0) is 20.2. The Morgan fingerprint density at radius 2 is 1.85 bits per heavy atom. The van der Waals surface area contributed by atoms with Gasteiger partial charge in [0, 0.05) is 11.9 Å². The number of aromatic hydroxyl groups is 1. The van der Waals surface area contributed by atoms with Gasteiger partial charge in [0.05, 0.1) is 35.7 Å². The first kappa shape index (κ1) is 21.9. The first-order valence-corrected chi connectivity index (χ1v) is 7.94. The number of phenols is 1. The van der Waals surface area contributed by atoms with Crippen LogP contribution in [0.1, 0.15) is 0 Å². The summed E-state index contributed by atoms with van der Waals surface area (Å²) < 4.78 is 14.8. The molecule has 0 aliphatic heterocycles. The van der Waals surface area contributed by atoms with Crippen LogP contribution in [0.3, 0.4) is 0 Å². The van der Waals surface area contributed by atoms with Gasteiger partial charge in [-0.15, -0.1) is 11.6 Å². The van der Waals surface area contributed by atoms with Gasteiger partial charge in [-0.1, -0.05) is 6.07 Å². The maximum absolute atomic E-state index is 10.4. The van der Waals surface area contributed by atoms with E-state index in [1.54, 1.807) is 12.1 Å². The van der Waals surface area contributed by atoms with Crippen molar-refractivity contribution in [3.05, 3.63) is 62.7 Å². The topological polar surface area (TPSA) is 134 Å². The average molecular weight is 401 g/mol. The van der Waals surface area contributed by atoms with Crippen LogP contribution in [0.4, 0.5) is 11.4 Å². The summed E-state index contributed by atoms with van der Waals surface area (Å²) in [6, 6.07) is 9.61. The van der Waals surface area contributed by atoms with Gasteiger partial charge in [0.15, 0.2) is 12.5 Å². The van der Waals surface area contributed by atoms with E-state index in [4.69, 9.17) is 30.9 Å². The molecule has 1 N–H and O–H groups in total. The molecule has 0 amide bonds. The minimum atomic E-state index is -0.613. The van der Waals surface area contributed by atoms with Gasteiger partial charge in [0.2, 0.25) is 0 Å². The first-order chi connectivity index (χ1) is 12.9. The molecule has 0 unspecified atom stereocenters. The molecule has 11 heteroatoms. The number of ether oxygens (including phenoxy) is 3. The lowest BCUT2D eigenvalue weighted by atomic mass is 10.3. The molecule has 0 aliphatic rings. The summed E-state index contributed by atoms with van der Waals surface area (Å²) in [5.74, 6) is 0.775. The average Bonchev–Trinajstić information content (AvgIpc) is 2.66. The Labute approximate surface area is 159 Å². The zero-order valence-electron chi connectivity index (χ0n) is 14.2. The van der Waals surface area contributed by atoms with Crippen LogP contribution in [0.15, 0.2) is 42.5 Å². The van der Waals surface area contributed by atoms with E-state index in [1.165, 1.54) is 31.4 Å². The molecule has 2 rings (SSSR count). The van der Waals surface area contributed by atoms with Crippen molar-refractivity contribution in [2.75, 3.05) is 26.4 Å². The maximum Gasteiger partial charge on any atom is 0.314 e. The van der Waals surface area contributed by atoms with Crippen molar-refractivity contribution >= 4 is 23.0 Å². The molecular weight excluding hydrogens is 384 g/mol. The third kappa shape index (κ3) is 7.75. The van der Waals surface area contributed by atoms with Crippen LogP contribution in [0.2, 0.25) is 0 Å². The van der Waals surface area contributed by atoms with E-state index >= 15 is 0 Å². The largest absolute Gasteiger partial charge is 0.508 e. The highest BCUT2D eigenvalue weighted by molar-refractivity contribution is 6.17. The molecule has 0 bridgehead atoms. The Morgan fingerprint density at radius 3 is 2.44 bits per heavy atom. The first-order valence-electron chi connectivity index (χ1n) is 7.41. The van der Waals surface area contributed by atoms with Gasteiger partial charge in [-0.25, -0.2) is 0 Å². The van der Waals surface area contributed by atoms with Crippen LogP contribution in [-0.2, 0) is 4.74 Å². The number of nitrogens with zero attached hydrogens (tertiary/aromatic N) is 2. The Morgan fingerprint density at radius 1 is 1.11 bits per heavy atom. The second-order valence-electron chi connectivity index (χ2n) is 4.73. The van der Waals surface area contributed by atoms with Gasteiger partial charge in [-0.3, -0.25) is 20.2 Å². The van der Waals surface area contributed by atoms with E-state index in [9.17, 15) is 20.2 Å². The van der Waals surface area contributed by atoms with Crippen molar-refractivity contribution < 1.29 is 29.2 Å². The molecule has 146 valence electrons. The summed E-state index contributed by atoms with van der Waals surface area (Å²) in [5.41, 5.74) is -0.248. The van der Waals surface area contributed by atoms with E-state index in [0.29, 0.717) is 18.2 Å². The summed E-state index contributed by atoms with van der Waals surface area (Å²) in [6.07, 6.45) is 0. The highest BCUT2D eigenvalue weighted by Crippen LogP contribution is 2.29. The van der Waals surface area contributed by atoms with Crippen LogP contribution in [0.5, 0.6) is 17.2 Å². The lowest BCUT2D eigenvalue weighted by molar-refractivity contribution is -0.385. The van der Waals surface area contributed by atoms with Crippen molar-refractivity contribution in [2.24, 2.45) is 0 Å². The summed E-state index contributed by atoms with van der Waals surface area (Å²) in [5, 5.41) is 29.7. The Bertz CT molecular complexity index is 772. The van der Waals surface area contributed by atoms with Crippen molar-refractivity contribution in [2.45, 2.75) is 0 Å². The van der Waals surface area contributed by atoms with Crippen molar-refractivity contribution in [1.82, 2.24) is 0 Å². The fourth-order valence-electron chi connectivity index (χ4n) is 1.73.